The number of hydrogen-bond donors (Lipinski definition) is 0. The standard InChI is InChI=1S/C18H16B3BrO2/c1-24-18(23)13-12(14(19)15(20)16(21)17(13)22)11-8-4-6-9-5-2-3-7-10(9)11/h2-8H,19-21H2,1H3. The molecule has 3 aromatic rings. The van der Waals surface area contributed by atoms with Gasteiger partial charge in [-0.1, -0.05) is 74.8 Å². The van der Waals surface area contributed by atoms with Crippen molar-refractivity contribution in [3.05, 3.63) is 52.5 Å². The zero-order chi connectivity index (χ0) is 17.4. The molecule has 0 saturated carbocycles. The molecule has 0 fully saturated rings. The highest BCUT2D eigenvalue weighted by Crippen LogP contribution is 2.32. The average molecular weight is 377 g/mol. The molecule has 3 rings (SSSR count). The van der Waals surface area contributed by atoms with E-state index in [4.69, 9.17) is 4.74 Å². The molecule has 0 heterocycles. The highest BCUT2D eigenvalue weighted by Gasteiger charge is 2.23. The first-order chi connectivity index (χ1) is 11.5. The molecular formula is C18H16B3BrO2. The number of halogens is 1. The quantitative estimate of drug-likeness (QED) is 0.459. The van der Waals surface area contributed by atoms with Gasteiger partial charge in [0, 0.05) is 4.47 Å². The Labute approximate surface area is 152 Å². The number of rotatable bonds is 2. The van der Waals surface area contributed by atoms with E-state index in [0.29, 0.717) is 5.56 Å². The van der Waals surface area contributed by atoms with Crippen LogP contribution in [0.1, 0.15) is 10.4 Å². The van der Waals surface area contributed by atoms with Crippen molar-refractivity contribution in [2.45, 2.75) is 0 Å². The molecular weight excluding hydrogens is 361 g/mol. The molecule has 0 aliphatic rings. The van der Waals surface area contributed by atoms with Gasteiger partial charge in [0.2, 0.25) is 0 Å². The fraction of sp³-hybridized carbons (Fsp3) is 0.0556. The number of carbonyl (C=O) groups is 1. The van der Waals surface area contributed by atoms with Crippen LogP contribution in [0.4, 0.5) is 0 Å². The van der Waals surface area contributed by atoms with Gasteiger partial charge in [-0.25, -0.2) is 4.79 Å². The normalized spacial score (nSPS) is 10.8. The van der Waals surface area contributed by atoms with Crippen molar-refractivity contribution in [3.8, 4) is 11.1 Å². The van der Waals surface area contributed by atoms with Crippen LogP contribution in [-0.2, 0) is 4.74 Å². The Morgan fingerprint density at radius 2 is 1.62 bits per heavy atom. The summed E-state index contributed by atoms with van der Waals surface area (Å²) in [5, 5.41) is 2.28. The Balaban J connectivity index is 2.49. The van der Waals surface area contributed by atoms with Crippen LogP contribution in [-0.4, -0.2) is 36.6 Å². The minimum atomic E-state index is -0.323. The molecule has 0 spiro atoms. The highest BCUT2D eigenvalue weighted by molar-refractivity contribution is 9.10. The van der Waals surface area contributed by atoms with Crippen molar-refractivity contribution < 1.29 is 9.53 Å². The highest BCUT2D eigenvalue weighted by atomic mass is 79.9. The number of esters is 1. The van der Waals surface area contributed by atoms with E-state index in [1.54, 1.807) is 0 Å². The van der Waals surface area contributed by atoms with Gasteiger partial charge in [-0.3, -0.25) is 0 Å². The average Bonchev–Trinajstić information content (AvgIpc) is 2.61. The third-order valence-electron chi connectivity index (χ3n) is 4.75. The van der Waals surface area contributed by atoms with Crippen LogP contribution in [0.15, 0.2) is 46.9 Å². The largest absolute Gasteiger partial charge is 0.465 e. The Morgan fingerprint density at radius 3 is 2.33 bits per heavy atom. The summed E-state index contributed by atoms with van der Waals surface area (Å²) >= 11 is 3.62. The van der Waals surface area contributed by atoms with Crippen molar-refractivity contribution in [1.82, 2.24) is 0 Å². The van der Waals surface area contributed by atoms with Crippen LogP contribution < -0.4 is 16.4 Å². The molecule has 3 aromatic carbocycles. The van der Waals surface area contributed by atoms with Crippen molar-refractivity contribution in [1.29, 1.82) is 0 Å². The number of carbonyl (C=O) groups excluding carboxylic acids is 1. The molecule has 0 bridgehead atoms. The summed E-state index contributed by atoms with van der Waals surface area (Å²) < 4.78 is 5.88. The van der Waals surface area contributed by atoms with Crippen molar-refractivity contribution in [3.63, 3.8) is 0 Å². The van der Waals surface area contributed by atoms with E-state index in [-0.39, 0.29) is 5.97 Å². The van der Waals surface area contributed by atoms with E-state index in [1.807, 2.05) is 26.0 Å². The lowest BCUT2D eigenvalue weighted by molar-refractivity contribution is 0.0601. The fourth-order valence-corrected chi connectivity index (χ4v) is 3.85. The second-order valence-corrected chi connectivity index (χ2v) is 6.75. The predicted octanol–water partition coefficient (Wildman–Crippen LogP) is -0.169. The molecule has 6 heteroatoms. The van der Waals surface area contributed by atoms with Crippen LogP contribution in [0.5, 0.6) is 0 Å². The van der Waals surface area contributed by atoms with Gasteiger partial charge in [-0.2, -0.15) is 0 Å². The summed E-state index contributed by atoms with van der Waals surface area (Å²) in [6, 6.07) is 14.4. The number of benzene rings is 3. The van der Waals surface area contributed by atoms with Gasteiger partial charge in [-0.05, 0) is 21.9 Å². The van der Waals surface area contributed by atoms with E-state index in [0.717, 1.165) is 37.3 Å². The van der Waals surface area contributed by atoms with Gasteiger partial charge in [0.15, 0.2) is 0 Å². The van der Waals surface area contributed by atoms with E-state index < -0.39 is 0 Å². The zero-order valence-corrected chi connectivity index (χ0v) is 15.8. The smallest absolute Gasteiger partial charge is 0.339 e. The molecule has 24 heavy (non-hydrogen) atoms. The third-order valence-corrected chi connectivity index (χ3v) is 5.74. The van der Waals surface area contributed by atoms with Crippen LogP contribution >= 0.6 is 15.9 Å². The molecule has 0 radical (unpaired) electrons. The van der Waals surface area contributed by atoms with Crippen molar-refractivity contribution in [2.75, 3.05) is 7.11 Å². The lowest BCUT2D eigenvalue weighted by Gasteiger charge is -2.20. The number of fused-ring (bicyclic) bond motifs is 1. The Bertz CT molecular complexity index is 965. The first-order valence-electron chi connectivity index (χ1n) is 7.83. The summed E-state index contributed by atoms with van der Waals surface area (Å²) in [6.07, 6.45) is 0. The van der Waals surface area contributed by atoms with Gasteiger partial charge in [0.05, 0.1) is 12.7 Å². The van der Waals surface area contributed by atoms with E-state index in [2.05, 4.69) is 55.9 Å². The molecule has 0 amide bonds. The van der Waals surface area contributed by atoms with Gasteiger partial charge < -0.3 is 4.74 Å². The van der Waals surface area contributed by atoms with E-state index >= 15 is 0 Å². The molecule has 0 aliphatic heterocycles. The Hall–Kier alpha value is -1.94. The number of hydrogen-bond acceptors (Lipinski definition) is 2. The van der Waals surface area contributed by atoms with Gasteiger partial charge in [-0.15, -0.1) is 0 Å². The fourth-order valence-electron chi connectivity index (χ4n) is 3.19. The maximum absolute atomic E-state index is 12.5. The summed E-state index contributed by atoms with van der Waals surface area (Å²) in [7, 11) is 7.60. The van der Waals surface area contributed by atoms with Crippen molar-refractivity contribution >= 4 is 72.6 Å². The minimum absolute atomic E-state index is 0.323. The predicted molar refractivity (Wildman–Crippen MR) is 113 cm³/mol. The molecule has 0 saturated heterocycles. The molecule has 0 aliphatic carbocycles. The second-order valence-electron chi connectivity index (χ2n) is 5.96. The van der Waals surface area contributed by atoms with E-state index in [1.165, 1.54) is 12.6 Å². The summed E-state index contributed by atoms with van der Waals surface area (Å²) in [6.45, 7) is 0. The Kier molecular flexibility index (Phi) is 4.59. The van der Waals surface area contributed by atoms with Crippen molar-refractivity contribution in [2.24, 2.45) is 0 Å². The Morgan fingerprint density at radius 1 is 0.958 bits per heavy atom. The van der Waals surface area contributed by atoms with Crippen LogP contribution in [0, 0.1) is 0 Å². The lowest BCUT2D eigenvalue weighted by Crippen LogP contribution is -2.42. The minimum Gasteiger partial charge on any atom is -0.465 e. The first kappa shape index (κ1) is 16.9. The second kappa shape index (κ2) is 6.52. The van der Waals surface area contributed by atoms with Gasteiger partial charge >= 0.3 is 5.97 Å². The van der Waals surface area contributed by atoms with Crippen LogP contribution in [0.3, 0.4) is 0 Å². The molecule has 0 aromatic heterocycles. The van der Waals surface area contributed by atoms with E-state index in [9.17, 15) is 4.79 Å². The molecule has 0 N–H and O–H groups in total. The SMILES string of the molecule is Bc1c(B)c(Br)c(C(=O)OC)c(-c2cccc3ccccc23)c1B. The molecule has 0 unspecified atom stereocenters. The van der Waals surface area contributed by atoms with Crippen LogP contribution in [0.2, 0.25) is 0 Å². The molecule has 2 nitrogen and oxygen atoms in total. The summed E-state index contributed by atoms with van der Waals surface area (Å²) in [4.78, 5) is 12.5. The lowest BCUT2D eigenvalue weighted by atomic mass is 9.68. The maximum atomic E-state index is 12.5. The summed E-state index contributed by atoms with van der Waals surface area (Å²) in [5.41, 5.74) is 5.93. The number of ether oxygens (including phenoxy) is 1. The van der Waals surface area contributed by atoms with Gasteiger partial charge in [0.1, 0.15) is 23.5 Å². The molecule has 0 atom stereocenters. The topological polar surface area (TPSA) is 26.3 Å². The van der Waals surface area contributed by atoms with Gasteiger partial charge in [0.25, 0.3) is 0 Å². The zero-order valence-electron chi connectivity index (χ0n) is 14.2. The monoisotopic (exact) mass is 376 g/mol. The maximum Gasteiger partial charge on any atom is 0.339 e. The van der Waals surface area contributed by atoms with Crippen LogP contribution in [0.25, 0.3) is 21.9 Å². The third kappa shape index (κ3) is 2.59. The first-order valence-corrected chi connectivity index (χ1v) is 8.62. The summed E-state index contributed by atoms with van der Waals surface area (Å²) in [5.74, 6) is -0.323. The molecule has 116 valence electrons. The number of methoxy groups -OCH3 is 1.